The van der Waals surface area contributed by atoms with E-state index < -0.39 is 0 Å². The van der Waals surface area contributed by atoms with Gasteiger partial charge < -0.3 is 14.5 Å². The fourth-order valence-electron chi connectivity index (χ4n) is 3.19. The Balaban J connectivity index is 1.93. The smallest absolute Gasteiger partial charge is 0.171 e. The number of nitrogens with one attached hydrogen (secondary N) is 1. The number of imidazole rings is 1. The molecule has 0 saturated carbocycles. The highest BCUT2D eigenvalue weighted by atomic mass is 16.5. The summed E-state index contributed by atoms with van der Waals surface area (Å²) in [5.41, 5.74) is 4.87. The third-order valence-corrected chi connectivity index (χ3v) is 4.47. The number of benzene rings is 3. The molecule has 1 N–H and O–H groups in total. The normalized spacial score (nSPS) is 10.6. The number of para-hydroxylation sites is 1. The summed E-state index contributed by atoms with van der Waals surface area (Å²) in [6.45, 7) is 0. The summed E-state index contributed by atoms with van der Waals surface area (Å²) in [4.78, 5) is 8.41. The highest BCUT2D eigenvalue weighted by molar-refractivity contribution is 5.82. The molecule has 0 bridgehead atoms. The second-order valence-corrected chi connectivity index (χ2v) is 6.08. The molecule has 4 nitrogen and oxygen atoms in total. The van der Waals surface area contributed by atoms with Gasteiger partial charge in [0.05, 0.1) is 31.2 Å². The zero-order valence-electron chi connectivity index (χ0n) is 15.3. The van der Waals surface area contributed by atoms with Crippen molar-refractivity contribution in [3.63, 3.8) is 0 Å². The molecule has 0 aliphatic carbocycles. The average molecular weight is 356 g/mol. The summed E-state index contributed by atoms with van der Waals surface area (Å²) in [6, 6.07) is 26.2. The van der Waals surface area contributed by atoms with Gasteiger partial charge in [-0.2, -0.15) is 0 Å². The van der Waals surface area contributed by atoms with Crippen LogP contribution in [-0.4, -0.2) is 24.2 Å². The first kappa shape index (κ1) is 16.9. The lowest BCUT2D eigenvalue weighted by molar-refractivity contribution is 0.356. The number of aromatic amines is 1. The third kappa shape index (κ3) is 3.17. The minimum Gasteiger partial charge on any atom is -0.493 e. The number of nitrogens with zero attached hydrogens (tertiary/aromatic N) is 1. The monoisotopic (exact) mass is 356 g/mol. The van der Waals surface area contributed by atoms with Crippen molar-refractivity contribution in [2.75, 3.05) is 14.2 Å². The number of hydrogen-bond acceptors (Lipinski definition) is 3. The van der Waals surface area contributed by atoms with Gasteiger partial charge >= 0.3 is 0 Å². The Bertz CT molecular complexity index is 984. The van der Waals surface area contributed by atoms with Crippen molar-refractivity contribution < 1.29 is 9.47 Å². The van der Waals surface area contributed by atoms with Gasteiger partial charge in [-0.25, -0.2) is 4.98 Å². The predicted molar refractivity (Wildman–Crippen MR) is 108 cm³/mol. The molecule has 0 fully saturated rings. The molecule has 134 valence electrons. The van der Waals surface area contributed by atoms with Crippen molar-refractivity contribution in [3.8, 4) is 45.4 Å². The third-order valence-electron chi connectivity index (χ3n) is 4.47. The van der Waals surface area contributed by atoms with Crippen molar-refractivity contribution in [2.45, 2.75) is 0 Å². The molecule has 4 aromatic rings. The summed E-state index contributed by atoms with van der Waals surface area (Å²) in [5.74, 6) is 2.07. The maximum absolute atomic E-state index is 5.60. The molecule has 0 unspecified atom stereocenters. The number of methoxy groups -OCH3 is 2. The van der Waals surface area contributed by atoms with Gasteiger partial charge in [-0.1, -0.05) is 66.7 Å². The molecule has 4 rings (SSSR count). The predicted octanol–water partition coefficient (Wildman–Crippen LogP) is 5.43. The molecular weight excluding hydrogens is 336 g/mol. The van der Waals surface area contributed by atoms with Crippen LogP contribution in [0, 0.1) is 0 Å². The van der Waals surface area contributed by atoms with E-state index in [0.717, 1.165) is 33.9 Å². The molecule has 0 aliphatic rings. The molecule has 0 radical (unpaired) electrons. The maximum atomic E-state index is 5.60. The Kier molecular flexibility index (Phi) is 4.62. The Hall–Kier alpha value is -3.53. The van der Waals surface area contributed by atoms with E-state index in [1.54, 1.807) is 14.2 Å². The van der Waals surface area contributed by atoms with E-state index in [9.17, 15) is 0 Å². The van der Waals surface area contributed by atoms with Crippen LogP contribution in [0.1, 0.15) is 0 Å². The van der Waals surface area contributed by atoms with Crippen LogP contribution in [0.25, 0.3) is 33.9 Å². The van der Waals surface area contributed by atoms with Gasteiger partial charge in [0.15, 0.2) is 11.5 Å². The lowest BCUT2D eigenvalue weighted by Crippen LogP contribution is -1.94. The second-order valence-electron chi connectivity index (χ2n) is 6.08. The van der Waals surface area contributed by atoms with Crippen LogP contribution in [0.3, 0.4) is 0 Å². The zero-order chi connectivity index (χ0) is 18.6. The van der Waals surface area contributed by atoms with Gasteiger partial charge in [0.25, 0.3) is 0 Å². The van der Waals surface area contributed by atoms with Gasteiger partial charge in [0.1, 0.15) is 5.82 Å². The van der Waals surface area contributed by atoms with Crippen LogP contribution in [-0.2, 0) is 0 Å². The molecule has 0 aliphatic heterocycles. The van der Waals surface area contributed by atoms with E-state index in [0.29, 0.717) is 11.5 Å². The molecule has 4 heteroatoms. The topological polar surface area (TPSA) is 47.1 Å². The maximum Gasteiger partial charge on any atom is 0.171 e. The second kappa shape index (κ2) is 7.38. The van der Waals surface area contributed by atoms with E-state index >= 15 is 0 Å². The summed E-state index contributed by atoms with van der Waals surface area (Å²) < 4.78 is 11.0. The van der Waals surface area contributed by atoms with Crippen molar-refractivity contribution >= 4 is 0 Å². The lowest BCUT2D eigenvalue weighted by atomic mass is 10.1. The van der Waals surface area contributed by atoms with Crippen molar-refractivity contribution in [2.24, 2.45) is 0 Å². The lowest BCUT2D eigenvalue weighted by Gasteiger charge is -2.10. The van der Waals surface area contributed by atoms with Crippen molar-refractivity contribution in [1.82, 2.24) is 9.97 Å². The molecular formula is C23H20N2O2. The molecule has 1 aromatic heterocycles. The minimum atomic E-state index is 0.660. The van der Waals surface area contributed by atoms with E-state index in [1.807, 2.05) is 54.6 Å². The molecule has 0 amide bonds. The van der Waals surface area contributed by atoms with Gasteiger partial charge in [0, 0.05) is 11.1 Å². The first-order valence-electron chi connectivity index (χ1n) is 8.74. The number of ether oxygens (including phenoxy) is 2. The quantitative estimate of drug-likeness (QED) is 0.519. The Morgan fingerprint density at radius 3 is 2.00 bits per heavy atom. The van der Waals surface area contributed by atoms with E-state index in [-0.39, 0.29) is 0 Å². The van der Waals surface area contributed by atoms with Crippen LogP contribution in [0.2, 0.25) is 0 Å². The molecule has 0 atom stereocenters. The fourth-order valence-corrected chi connectivity index (χ4v) is 3.19. The molecule has 0 spiro atoms. The van der Waals surface area contributed by atoms with Crippen LogP contribution >= 0.6 is 0 Å². The van der Waals surface area contributed by atoms with E-state index in [4.69, 9.17) is 14.5 Å². The van der Waals surface area contributed by atoms with Crippen molar-refractivity contribution in [1.29, 1.82) is 0 Å². The Labute approximate surface area is 158 Å². The first-order chi connectivity index (χ1) is 13.3. The van der Waals surface area contributed by atoms with Gasteiger partial charge in [0.2, 0.25) is 0 Å². The SMILES string of the molecule is COc1cccc(-c2nc(-c3ccccc3)c(-c3ccccc3)[nH]2)c1OC. The van der Waals surface area contributed by atoms with E-state index in [1.165, 1.54) is 0 Å². The van der Waals surface area contributed by atoms with Crippen LogP contribution in [0.5, 0.6) is 11.5 Å². The average Bonchev–Trinajstić information content (AvgIpc) is 3.19. The summed E-state index contributed by atoms with van der Waals surface area (Å²) in [7, 11) is 3.27. The molecule has 1 heterocycles. The highest BCUT2D eigenvalue weighted by Crippen LogP contribution is 2.39. The number of hydrogen-bond donors (Lipinski definition) is 1. The fraction of sp³-hybridized carbons (Fsp3) is 0.0870. The molecule has 3 aromatic carbocycles. The first-order valence-corrected chi connectivity index (χ1v) is 8.74. The number of aromatic nitrogens is 2. The van der Waals surface area contributed by atoms with Gasteiger partial charge in [-0.05, 0) is 12.1 Å². The van der Waals surface area contributed by atoms with Crippen LogP contribution in [0.4, 0.5) is 0 Å². The molecule has 0 saturated heterocycles. The number of rotatable bonds is 5. The summed E-state index contributed by atoms with van der Waals surface area (Å²) in [6.07, 6.45) is 0. The largest absolute Gasteiger partial charge is 0.493 e. The summed E-state index contributed by atoms with van der Waals surface area (Å²) >= 11 is 0. The van der Waals surface area contributed by atoms with Crippen molar-refractivity contribution in [3.05, 3.63) is 78.9 Å². The summed E-state index contributed by atoms with van der Waals surface area (Å²) in [5, 5.41) is 0. The Morgan fingerprint density at radius 2 is 1.37 bits per heavy atom. The zero-order valence-corrected chi connectivity index (χ0v) is 15.3. The Morgan fingerprint density at radius 1 is 0.704 bits per heavy atom. The number of H-pyrrole nitrogens is 1. The highest BCUT2D eigenvalue weighted by Gasteiger charge is 2.19. The standard InChI is InChI=1S/C23H20N2O2/c1-26-19-15-9-14-18(22(19)27-2)23-24-20(16-10-5-3-6-11-16)21(25-23)17-12-7-4-8-13-17/h3-15H,1-2H3,(H,24,25). The minimum absolute atomic E-state index is 0.660. The van der Waals surface area contributed by atoms with Crippen LogP contribution in [0.15, 0.2) is 78.9 Å². The molecule has 27 heavy (non-hydrogen) atoms. The van der Waals surface area contributed by atoms with E-state index in [2.05, 4.69) is 29.2 Å². The van der Waals surface area contributed by atoms with Crippen LogP contribution < -0.4 is 9.47 Å². The van der Waals surface area contributed by atoms with Gasteiger partial charge in [-0.3, -0.25) is 0 Å². The van der Waals surface area contributed by atoms with Gasteiger partial charge in [-0.15, -0.1) is 0 Å².